The van der Waals surface area contributed by atoms with Gasteiger partial charge in [0.1, 0.15) is 23.6 Å². The van der Waals surface area contributed by atoms with Crippen LogP contribution in [0, 0.1) is 0 Å². The van der Waals surface area contributed by atoms with Crippen LogP contribution in [0.15, 0.2) is 36.4 Å². The normalized spacial score (nSPS) is 12.7. The van der Waals surface area contributed by atoms with Gasteiger partial charge in [0, 0.05) is 18.6 Å². The topological polar surface area (TPSA) is 118 Å². The van der Waals surface area contributed by atoms with Crippen molar-refractivity contribution in [1.82, 2.24) is 14.7 Å². The van der Waals surface area contributed by atoms with E-state index >= 15 is 0 Å². The molecule has 0 aliphatic rings. The van der Waals surface area contributed by atoms with Gasteiger partial charge in [-0.15, -0.1) is 5.10 Å². The second-order valence-corrected chi connectivity index (χ2v) is 11.9. The molecular weight excluding hydrogens is 559 g/mol. The van der Waals surface area contributed by atoms with Gasteiger partial charge < -0.3 is 29.6 Å². The Hall–Kier alpha value is -3.21. The molecule has 2 aromatic carbocycles. The smallest absolute Gasteiger partial charge is 0.435 e. The maximum atomic E-state index is 13.1. The minimum Gasteiger partial charge on any atom is -0.492 e. The molecule has 3 rings (SSSR count). The number of nitrogens with zero attached hydrogens (tertiary/aromatic N) is 3. The average molecular weight is 596 g/mol. The van der Waals surface area contributed by atoms with Crippen molar-refractivity contribution in [2.75, 3.05) is 32.5 Å². The van der Waals surface area contributed by atoms with Gasteiger partial charge in [-0.05, 0) is 71.4 Å². The van der Waals surface area contributed by atoms with E-state index in [1.807, 2.05) is 0 Å². The van der Waals surface area contributed by atoms with E-state index in [0.29, 0.717) is 27.4 Å². The summed E-state index contributed by atoms with van der Waals surface area (Å²) in [4.78, 5) is 27.3. The quantitative estimate of drug-likeness (QED) is 0.286. The van der Waals surface area contributed by atoms with E-state index in [9.17, 15) is 9.59 Å². The van der Waals surface area contributed by atoms with E-state index in [2.05, 4.69) is 5.10 Å². The predicted molar refractivity (Wildman–Crippen MR) is 155 cm³/mol. The van der Waals surface area contributed by atoms with Crippen LogP contribution in [0.5, 0.6) is 5.75 Å². The fourth-order valence-electron chi connectivity index (χ4n) is 3.73. The second kappa shape index (κ2) is 12.5. The SMILES string of the molecule is CO[C@@H](CN(CCOc1ccc2c(Cl)nn(C(=O)OC(C)(C)C)c2c1)C(=O)OC(C)(C)C)c1ccc(Cl)c(N)c1. The Morgan fingerprint density at radius 2 is 1.70 bits per heavy atom. The standard InChI is InChI=1S/C28H36Cl2N4O6/c1-27(2,3)39-25(35)33(16-23(37-7)17-8-11-20(29)21(31)14-17)12-13-38-18-9-10-19-22(15-18)34(32-24(19)30)26(36)40-28(4,5)6/h8-11,14-15,23H,12-13,16,31H2,1-7H3/t23-/m0/s1. The number of hydrogen-bond donors (Lipinski definition) is 1. The number of ether oxygens (including phenoxy) is 4. The van der Waals surface area contributed by atoms with Gasteiger partial charge in [-0.3, -0.25) is 0 Å². The maximum Gasteiger partial charge on any atom is 0.435 e. The Balaban J connectivity index is 1.78. The van der Waals surface area contributed by atoms with E-state index in [-0.39, 0.29) is 24.8 Å². The number of rotatable bonds is 8. The highest BCUT2D eigenvalue weighted by Crippen LogP contribution is 2.29. The van der Waals surface area contributed by atoms with Crippen molar-refractivity contribution in [3.05, 3.63) is 52.1 Å². The number of nitrogens with two attached hydrogens (primary N) is 1. The summed E-state index contributed by atoms with van der Waals surface area (Å²) in [6.07, 6.45) is -1.68. The minimum atomic E-state index is -0.709. The highest BCUT2D eigenvalue weighted by Gasteiger charge is 2.26. The first-order valence-electron chi connectivity index (χ1n) is 12.7. The number of anilines is 1. The lowest BCUT2D eigenvalue weighted by Gasteiger charge is -2.30. The molecule has 1 aromatic heterocycles. The summed E-state index contributed by atoms with van der Waals surface area (Å²) in [5.74, 6) is 0.451. The monoisotopic (exact) mass is 594 g/mol. The Bertz CT molecular complexity index is 1360. The lowest BCUT2D eigenvalue weighted by atomic mass is 10.1. The lowest BCUT2D eigenvalue weighted by molar-refractivity contribution is 0.00509. The third-order valence-electron chi connectivity index (χ3n) is 5.52. The molecular formula is C28H36Cl2N4O6. The number of hydrogen-bond acceptors (Lipinski definition) is 8. The lowest BCUT2D eigenvalue weighted by Crippen LogP contribution is -2.41. The molecule has 0 unspecified atom stereocenters. The Morgan fingerprint density at radius 1 is 1.02 bits per heavy atom. The van der Waals surface area contributed by atoms with Gasteiger partial charge in [-0.2, -0.15) is 4.68 Å². The van der Waals surface area contributed by atoms with Gasteiger partial charge in [0.05, 0.1) is 35.4 Å². The summed E-state index contributed by atoms with van der Waals surface area (Å²) < 4.78 is 23.8. The maximum absolute atomic E-state index is 13.1. The highest BCUT2D eigenvalue weighted by atomic mass is 35.5. The number of benzene rings is 2. The van der Waals surface area contributed by atoms with Crippen LogP contribution in [-0.2, 0) is 14.2 Å². The predicted octanol–water partition coefficient (Wildman–Crippen LogP) is 6.71. The Kier molecular flexibility index (Phi) is 9.81. The van der Waals surface area contributed by atoms with Crippen molar-refractivity contribution in [1.29, 1.82) is 0 Å². The number of amides is 1. The van der Waals surface area contributed by atoms with Gasteiger partial charge in [0.25, 0.3) is 0 Å². The van der Waals surface area contributed by atoms with Crippen molar-refractivity contribution in [2.45, 2.75) is 58.8 Å². The van der Waals surface area contributed by atoms with Crippen LogP contribution in [0.1, 0.15) is 53.2 Å². The van der Waals surface area contributed by atoms with Gasteiger partial charge in [0.2, 0.25) is 0 Å². The molecule has 0 radical (unpaired) electrons. The number of aromatic nitrogens is 2. The summed E-state index contributed by atoms with van der Waals surface area (Å²) in [5.41, 5.74) is 6.17. The summed E-state index contributed by atoms with van der Waals surface area (Å²) in [6.45, 7) is 11.2. The van der Waals surface area contributed by atoms with Crippen LogP contribution in [0.2, 0.25) is 10.2 Å². The summed E-state index contributed by atoms with van der Waals surface area (Å²) in [7, 11) is 1.55. The molecule has 1 atom stereocenters. The summed E-state index contributed by atoms with van der Waals surface area (Å²) in [5, 5.41) is 5.28. The molecule has 0 bridgehead atoms. The van der Waals surface area contributed by atoms with Crippen LogP contribution in [0.3, 0.4) is 0 Å². The number of nitrogen functional groups attached to an aromatic ring is 1. The van der Waals surface area contributed by atoms with Gasteiger partial charge in [-0.1, -0.05) is 29.3 Å². The van der Waals surface area contributed by atoms with Crippen molar-refractivity contribution in [3.63, 3.8) is 0 Å². The molecule has 40 heavy (non-hydrogen) atoms. The number of methoxy groups -OCH3 is 1. The van der Waals surface area contributed by atoms with Crippen LogP contribution >= 0.6 is 23.2 Å². The molecule has 0 saturated carbocycles. The molecule has 0 saturated heterocycles. The third-order valence-corrected chi connectivity index (χ3v) is 6.14. The average Bonchev–Trinajstić information content (AvgIpc) is 3.17. The van der Waals surface area contributed by atoms with Crippen molar-refractivity contribution in [3.8, 4) is 5.75 Å². The molecule has 0 spiro atoms. The van der Waals surface area contributed by atoms with Crippen molar-refractivity contribution in [2.24, 2.45) is 0 Å². The van der Waals surface area contributed by atoms with Crippen LogP contribution in [-0.4, -0.2) is 64.9 Å². The fraction of sp³-hybridized carbons (Fsp3) is 0.464. The highest BCUT2D eigenvalue weighted by molar-refractivity contribution is 6.34. The Morgan fingerprint density at radius 3 is 2.30 bits per heavy atom. The first-order chi connectivity index (χ1) is 18.6. The number of fused-ring (bicyclic) bond motifs is 1. The second-order valence-electron chi connectivity index (χ2n) is 11.1. The largest absolute Gasteiger partial charge is 0.492 e. The fourth-order valence-corrected chi connectivity index (χ4v) is 4.08. The Labute approximate surface area is 244 Å². The minimum absolute atomic E-state index is 0.123. The van der Waals surface area contributed by atoms with Crippen LogP contribution in [0.25, 0.3) is 10.9 Å². The number of carbonyl (C=O) groups excluding carboxylic acids is 2. The van der Waals surface area contributed by atoms with E-state index in [4.69, 9.17) is 47.9 Å². The molecule has 218 valence electrons. The first kappa shape index (κ1) is 31.3. The number of carbonyl (C=O) groups is 2. The van der Waals surface area contributed by atoms with E-state index in [1.165, 1.54) is 4.90 Å². The van der Waals surface area contributed by atoms with E-state index in [0.717, 1.165) is 10.2 Å². The zero-order valence-corrected chi connectivity index (χ0v) is 25.3. The zero-order chi connectivity index (χ0) is 29.8. The van der Waals surface area contributed by atoms with Crippen LogP contribution < -0.4 is 10.5 Å². The molecule has 10 nitrogen and oxygen atoms in total. The first-order valence-corrected chi connectivity index (χ1v) is 13.4. The molecule has 12 heteroatoms. The van der Waals surface area contributed by atoms with Crippen LogP contribution in [0.4, 0.5) is 15.3 Å². The molecule has 1 amide bonds. The summed E-state index contributed by atoms with van der Waals surface area (Å²) >= 11 is 12.3. The molecule has 0 fully saturated rings. The number of halogens is 2. The zero-order valence-electron chi connectivity index (χ0n) is 23.8. The van der Waals surface area contributed by atoms with Gasteiger partial charge in [-0.25, -0.2) is 9.59 Å². The van der Waals surface area contributed by atoms with E-state index < -0.39 is 29.5 Å². The van der Waals surface area contributed by atoms with E-state index in [1.54, 1.807) is 85.1 Å². The molecule has 3 aromatic rings. The molecule has 1 heterocycles. The van der Waals surface area contributed by atoms with Crippen molar-refractivity contribution < 1.29 is 28.5 Å². The molecule has 0 aliphatic heterocycles. The van der Waals surface area contributed by atoms with Gasteiger partial charge >= 0.3 is 12.2 Å². The van der Waals surface area contributed by atoms with Crippen molar-refractivity contribution >= 4 is 52.0 Å². The molecule has 0 aliphatic carbocycles. The molecule has 2 N–H and O–H groups in total. The summed E-state index contributed by atoms with van der Waals surface area (Å²) in [6, 6.07) is 10.3. The van der Waals surface area contributed by atoms with Gasteiger partial charge in [0.15, 0.2) is 5.15 Å². The third kappa shape index (κ3) is 8.39.